The molecule has 0 saturated carbocycles. The predicted molar refractivity (Wildman–Crippen MR) is 85.9 cm³/mol. The summed E-state index contributed by atoms with van der Waals surface area (Å²) in [6.45, 7) is 2.54. The maximum absolute atomic E-state index is 12.3. The van der Waals surface area contributed by atoms with Gasteiger partial charge >= 0.3 is 0 Å². The highest BCUT2D eigenvalue weighted by Gasteiger charge is 2.23. The van der Waals surface area contributed by atoms with Gasteiger partial charge in [-0.2, -0.15) is 22.5 Å². The van der Waals surface area contributed by atoms with Gasteiger partial charge in [-0.05, 0) is 17.2 Å². The molecule has 7 nitrogen and oxygen atoms in total. The number of nitrogens with one attached hydrogen (secondary N) is 1. The number of hydrogen-bond donors (Lipinski definition) is 1. The van der Waals surface area contributed by atoms with Crippen molar-refractivity contribution in [2.24, 2.45) is 0 Å². The molecule has 1 aliphatic heterocycles. The second kappa shape index (κ2) is 7.22. The minimum Gasteiger partial charge on any atom is -0.379 e. The van der Waals surface area contributed by atoms with E-state index in [1.807, 2.05) is 41.2 Å². The van der Waals surface area contributed by atoms with Crippen LogP contribution >= 0.6 is 0 Å². The van der Waals surface area contributed by atoms with Crippen LogP contribution in [0.25, 0.3) is 0 Å². The minimum atomic E-state index is -3.48. The van der Waals surface area contributed by atoms with E-state index in [1.54, 1.807) is 6.20 Å². The van der Waals surface area contributed by atoms with Crippen molar-refractivity contribution in [2.45, 2.75) is 13.1 Å². The van der Waals surface area contributed by atoms with Crippen LogP contribution in [0, 0.1) is 0 Å². The Bertz CT molecular complexity index is 725. The Labute approximate surface area is 136 Å². The van der Waals surface area contributed by atoms with Crippen molar-refractivity contribution in [1.29, 1.82) is 0 Å². The molecule has 0 atom stereocenters. The summed E-state index contributed by atoms with van der Waals surface area (Å²) in [5.74, 6) is 0. The molecule has 1 aromatic heterocycles. The summed E-state index contributed by atoms with van der Waals surface area (Å²) in [6, 6.07) is 9.63. The second-order valence-electron chi connectivity index (χ2n) is 5.31. The van der Waals surface area contributed by atoms with Crippen molar-refractivity contribution in [2.75, 3.05) is 26.3 Å². The molecule has 23 heavy (non-hydrogen) atoms. The molecule has 1 aromatic carbocycles. The Morgan fingerprint density at radius 3 is 2.57 bits per heavy atom. The first kappa shape index (κ1) is 16.1. The van der Waals surface area contributed by atoms with Gasteiger partial charge in [-0.3, -0.25) is 4.68 Å². The summed E-state index contributed by atoms with van der Waals surface area (Å²) >= 11 is 0. The van der Waals surface area contributed by atoms with Gasteiger partial charge < -0.3 is 4.74 Å². The third kappa shape index (κ3) is 4.17. The molecule has 0 amide bonds. The molecule has 1 fully saturated rings. The van der Waals surface area contributed by atoms with Gasteiger partial charge in [0, 0.05) is 32.0 Å². The van der Waals surface area contributed by atoms with Crippen LogP contribution in [0.4, 0.5) is 0 Å². The smallest absolute Gasteiger partial charge is 0.279 e. The lowest BCUT2D eigenvalue weighted by molar-refractivity contribution is 0.0725. The molecule has 2 aromatic rings. The van der Waals surface area contributed by atoms with E-state index >= 15 is 0 Å². The molecule has 0 radical (unpaired) electrons. The lowest BCUT2D eigenvalue weighted by Crippen LogP contribution is -2.46. The average molecular weight is 336 g/mol. The van der Waals surface area contributed by atoms with Crippen molar-refractivity contribution in [3.8, 4) is 0 Å². The molecular formula is C15H20N4O3S. The summed E-state index contributed by atoms with van der Waals surface area (Å²) in [5, 5.41) is 4.19. The largest absolute Gasteiger partial charge is 0.379 e. The van der Waals surface area contributed by atoms with Gasteiger partial charge in [-0.1, -0.05) is 24.3 Å². The number of benzene rings is 1. The first-order valence-corrected chi connectivity index (χ1v) is 8.96. The van der Waals surface area contributed by atoms with Crippen LogP contribution in [0.3, 0.4) is 0 Å². The van der Waals surface area contributed by atoms with Gasteiger partial charge in [0.15, 0.2) is 0 Å². The summed E-state index contributed by atoms with van der Waals surface area (Å²) in [4.78, 5) is 0. The van der Waals surface area contributed by atoms with E-state index in [0.717, 1.165) is 11.1 Å². The zero-order chi connectivity index (χ0) is 16.1. The summed E-state index contributed by atoms with van der Waals surface area (Å²) in [7, 11) is -3.48. The van der Waals surface area contributed by atoms with E-state index in [2.05, 4.69) is 9.82 Å². The molecular weight excluding hydrogens is 316 g/mol. The third-order valence-electron chi connectivity index (χ3n) is 3.76. The Kier molecular flexibility index (Phi) is 5.06. The fourth-order valence-electron chi connectivity index (χ4n) is 2.50. The zero-order valence-corrected chi connectivity index (χ0v) is 13.6. The number of morpholine rings is 1. The molecule has 1 N–H and O–H groups in total. The lowest BCUT2D eigenvalue weighted by atomic mass is 10.1. The Morgan fingerprint density at radius 1 is 1.13 bits per heavy atom. The monoisotopic (exact) mass is 336 g/mol. The van der Waals surface area contributed by atoms with E-state index in [9.17, 15) is 8.42 Å². The van der Waals surface area contributed by atoms with Gasteiger partial charge in [-0.25, -0.2) is 0 Å². The molecule has 2 heterocycles. The Morgan fingerprint density at radius 2 is 1.87 bits per heavy atom. The molecule has 0 aliphatic carbocycles. The Balaban J connectivity index is 1.68. The first-order valence-electron chi connectivity index (χ1n) is 7.52. The van der Waals surface area contributed by atoms with E-state index < -0.39 is 10.2 Å². The molecule has 1 aliphatic rings. The zero-order valence-electron chi connectivity index (χ0n) is 12.8. The summed E-state index contributed by atoms with van der Waals surface area (Å²) in [6.07, 6.45) is 3.61. The SMILES string of the molecule is O=S(=O)(NCc1ccccc1Cn1cccn1)N1CCOCC1. The number of aromatic nitrogens is 2. The maximum atomic E-state index is 12.3. The van der Waals surface area contributed by atoms with Crippen LogP contribution in [-0.2, 0) is 28.0 Å². The van der Waals surface area contributed by atoms with Gasteiger partial charge in [0.1, 0.15) is 0 Å². The summed E-state index contributed by atoms with van der Waals surface area (Å²) in [5.41, 5.74) is 1.99. The highest BCUT2D eigenvalue weighted by atomic mass is 32.2. The van der Waals surface area contributed by atoms with Crippen molar-refractivity contribution in [3.63, 3.8) is 0 Å². The molecule has 8 heteroatoms. The lowest BCUT2D eigenvalue weighted by Gasteiger charge is -2.26. The molecule has 0 unspecified atom stereocenters. The highest BCUT2D eigenvalue weighted by molar-refractivity contribution is 7.87. The van der Waals surface area contributed by atoms with E-state index in [0.29, 0.717) is 32.8 Å². The fraction of sp³-hybridized carbons (Fsp3) is 0.400. The van der Waals surface area contributed by atoms with Gasteiger partial charge in [0.2, 0.25) is 0 Å². The van der Waals surface area contributed by atoms with Crippen LogP contribution in [0.5, 0.6) is 0 Å². The quantitative estimate of drug-likeness (QED) is 0.838. The Hall–Kier alpha value is -1.74. The fourth-order valence-corrected chi connectivity index (χ4v) is 3.65. The topological polar surface area (TPSA) is 76.5 Å². The molecule has 1 saturated heterocycles. The molecule has 3 rings (SSSR count). The van der Waals surface area contributed by atoms with E-state index in [4.69, 9.17) is 4.74 Å². The van der Waals surface area contributed by atoms with Crippen molar-refractivity contribution in [1.82, 2.24) is 18.8 Å². The number of ether oxygens (including phenoxy) is 1. The maximum Gasteiger partial charge on any atom is 0.279 e. The predicted octanol–water partition coefficient (Wildman–Crippen LogP) is 0.598. The molecule has 124 valence electrons. The van der Waals surface area contributed by atoms with Gasteiger partial charge in [0.25, 0.3) is 10.2 Å². The number of hydrogen-bond acceptors (Lipinski definition) is 4. The van der Waals surface area contributed by atoms with Crippen LogP contribution in [0.1, 0.15) is 11.1 Å². The van der Waals surface area contributed by atoms with E-state index in [-0.39, 0.29) is 6.54 Å². The number of rotatable bonds is 6. The minimum absolute atomic E-state index is 0.261. The molecule has 0 spiro atoms. The first-order chi connectivity index (χ1) is 11.1. The third-order valence-corrected chi connectivity index (χ3v) is 5.32. The average Bonchev–Trinajstić information content (AvgIpc) is 3.08. The van der Waals surface area contributed by atoms with Gasteiger partial charge in [0.05, 0.1) is 19.8 Å². The van der Waals surface area contributed by atoms with Crippen molar-refractivity contribution >= 4 is 10.2 Å². The normalized spacial score (nSPS) is 16.5. The highest BCUT2D eigenvalue weighted by Crippen LogP contribution is 2.12. The van der Waals surface area contributed by atoms with Crippen molar-refractivity contribution in [3.05, 3.63) is 53.9 Å². The standard InChI is InChI=1S/C15H20N4O3S/c20-23(21,19-8-10-22-11-9-19)17-12-14-4-1-2-5-15(14)13-18-7-3-6-16-18/h1-7,17H,8-13H2. The second-order valence-corrected chi connectivity index (χ2v) is 7.07. The van der Waals surface area contributed by atoms with Crippen LogP contribution < -0.4 is 4.72 Å². The summed E-state index contributed by atoms with van der Waals surface area (Å²) < 4.78 is 35.8. The van der Waals surface area contributed by atoms with Gasteiger partial charge in [-0.15, -0.1) is 0 Å². The van der Waals surface area contributed by atoms with Crippen molar-refractivity contribution < 1.29 is 13.2 Å². The number of nitrogens with zero attached hydrogens (tertiary/aromatic N) is 3. The van der Waals surface area contributed by atoms with E-state index in [1.165, 1.54) is 4.31 Å². The van der Waals surface area contributed by atoms with Crippen LogP contribution in [0.15, 0.2) is 42.7 Å². The molecule has 0 bridgehead atoms. The van der Waals surface area contributed by atoms with Crippen LogP contribution in [-0.4, -0.2) is 48.8 Å². The van der Waals surface area contributed by atoms with Crippen LogP contribution in [0.2, 0.25) is 0 Å².